The van der Waals surface area contributed by atoms with E-state index in [9.17, 15) is 4.79 Å². The maximum atomic E-state index is 12.3. The van der Waals surface area contributed by atoms with E-state index >= 15 is 0 Å². The predicted molar refractivity (Wildman–Crippen MR) is 103 cm³/mol. The van der Waals surface area contributed by atoms with E-state index in [0.717, 1.165) is 11.4 Å². The summed E-state index contributed by atoms with van der Waals surface area (Å²) >= 11 is 6.40. The summed E-state index contributed by atoms with van der Waals surface area (Å²) in [6.45, 7) is 5.40. The summed E-state index contributed by atoms with van der Waals surface area (Å²) < 4.78 is 5.37. The first-order valence-corrected chi connectivity index (χ1v) is 8.17. The molecule has 7 heteroatoms. The summed E-state index contributed by atoms with van der Waals surface area (Å²) in [5, 5.41) is 0.360. The Bertz CT molecular complexity index is 736. The minimum Gasteiger partial charge on any atom is -0.443 e. The average Bonchev–Trinajstić information content (AvgIpc) is 2.52. The van der Waals surface area contributed by atoms with E-state index in [1.54, 1.807) is 52.3 Å². The highest BCUT2D eigenvalue weighted by Gasteiger charge is 2.24. The molecule has 1 heterocycles. The van der Waals surface area contributed by atoms with Gasteiger partial charge in [-0.1, -0.05) is 11.6 Å². The van der Waals surface area contributed by atoms with Gasteiger partial charge >= 0.3 is 6.09 Å². The van der Waals surface area contributed by atoms with Gasteiger partial charge in [-0.25, -0.2) is 4.79 Å². The van der Waals surface area contributed by atoms with Crippen LogP contribution in [0.25, 0.3) is 0 Å². The molecule has 0 aliphatic heterocycles. The molecule has 0 spiro atoms. The number of anilines is 4. The Morgan fingerprint density at radius 2 is 1.92 bits per heavy atom. The number of halogens is 1. The smallest absolute Gasteiger partial charge is 0.414 e. The third-order valence-corrected chi connectivity index (χ3v) is 3.79. The molecule has 6 nitrogen and oxygen atoms in total. The number of carbonyl (C=O) groups excluding carboxylic acids is 1. The van der Waals surface area contributed by atoms with Gasteiger partial charge in [0.25, 0.3) is 0 Å². The van der Waals surface area contributed by atoms with Crippen LogP contribution in [-0.2, 0) is 4.74 Å². The van der Waals surface area contributed by atoms with Gasteiger partial charge in [-0.2, -0.15) is 0 Å². The Kier molecular flexibility index (Phi) is 5.42. The van der Waals surface area contributed by atoms with Crippen molar-refractivity contribution in [3.8, 4) is 0 Å². The summed E-state index contributed by atoms with van der Waals surface area (Å²) in [5.74, 6) is 0. The molecule has 134 valence electrons. The number of benzene rings is 1. The molecule has 2 aromatic rings. The second-order valence-corrected chi connectivity index (χ2v) is 7.08. The molecular weight excluding hydrogens is 340 g/mol. The van der Waals surface area contributed by atoms with E-state index < -0.39 is 11.7 Å². The lowest BCUT2D eigenvalue weighted by atomic mass is 10.2. The van der Waals surface area contributed by atoms with Crippen LogP contribution in [0.15, 0.2) is 36.7 Å². The molecule has 0 unspecified atom stereocenters. The lowest BCUT2D eigenvalue weighted by Gasteiger charge is -2.27. The highest BCUT2D eigenvalue weighted by molar-refractivity contribution is 6.35. The van der Waals surface area contributed by atoms with Crippen molar-refractivity contribution in [1.29, 1.82) is 0 Å². The molecule has 0 saturated carbocycles. The van der Waals surface area contributed by atoms with E-state index in [0.29, 0.717) is 16.4 Å². The number of aromatic nitrogens is 1. The Balaban J connectivity index is 2.33. The molecule has 25 heavy (non-hydrogen) atoms. The second-order valence-electron chi connectivity index (χ2n) is 6.68. The number of nitrogen functional groups attached to an aromatic ring is 1. The topological polar surface area (TPSA) is 71.7 Å². The lowest BCUT2D eigenvalue weighted by molar-refractivity contribution is 0.0589. The number of nitrogens with zero attached hydrogens (tertiary/aromatic N) is 3. The van der Waals surface area contributed by atoms with E-state index in [-0.39, 0.29) is 0 Å². The molecule has 0 saturated heterocycles. The van der Waals surface area contributed by atoms with Crippen LogP contribution in [0.2, 0.25) is 5.02 Å². The van der Waals surface area contributed by atoms with Gasteiger partial charge in [0.05, 0.1) is 28.3 Å². The van der Waals surface area contributed by atoms with Gasteiger partial charge in [0.1, 0.15) is 5.60 Å². The molecule has 1 aromatic carbocycles. The van der Waals surface area contributed by atoms with E-state index in [1.807, 2.05) is 24.1 Å². The molecule has 0 aliphatic carbocycles. The molecule has 0 aliphatic rings. The fourth-order valence-corrected chi connectivity index (χ4v) is 2.62. The Hall–Kier alpha value is -2.47. The summed E-state index contributed by atoms with van der Waals surface area (Å²) in [7, 11) is 3.47. The fourth-order valence-electron chi connectivity index (χ4n) is 2.28. The standard InChI is InChI=1S/C18H23ClN4O2/c1-18(2,3)25-17(24)23(5)16-14(19)9-13(10-15(16)20)22(4)12-7-6-8-21-11-12/h6-11H,20H2,1-5H3. The largest absolute Gasteiger partial charge is 0.443 e. The van der Waals surface area contributed by atoms with Crippen LogP contribution in [0, 0.1) is 0 Å². The maximum absolute atomic E-state index is 12.3. The Labute approximate surface area is 153 Å². The number of hydrogen-bond donors (Lipinski definition) is 1. The summed E-state index contributed by atoms with van der Waals surface area (Å²) in [4.78, 5) is 19.6. The van der Waals surface area contributed by atoms with Crippen molar-refractivity contribution in [1.82, 2.24) is 4.98 Å². The zero-order valence-electron chi connectivity index (χ0n) is 15.1. The minimum absolute atomic E-state index is 0.360. The fraction of sp³-hybridized carbons (Fsp3) is 0.333. The first kappa shape index (κ1) is 18.9. The molecule has 0 bridgehead atoms. The Morgan fingerprint density at radius 1 is 1.24 bits per heavy atom. The van der Waals surface area contributed by atoms with Gasteiger partial charge in [-0.05, 0) is 45.0 Å². The van der Waals surface area contributed by atoms with Gasteiger partial charge in [0.15, 0.2) is 0 Å². The van der Waals surface area contributed by atoms with Gasteiger partial charge < -0.3 is 15.4 Å². The van der Waals surface area contributed by atoms with Gasteiger partial charge in [-0.3, -0.25) is 9.88 Å². The highest BCUT2D eigenvalue weighted by atomic mass is 35.5. The number of amides is 1. The molecule has 1 aromatic heterocycles. The van der Waals surface area contributed by atoms with Crippen LogP contribution in [-0.4, -0.2) is 30.8 Å². The molecule has 2 rings (SSSR count). The van der Waals surface area contributed by atoms with Crippen LogP contribution in [0.5, 0.6) is 0 Å². The minimum atomic E-state index is -0.604. The molecule has 0 radical (unpaired) electrons. The van der Waals surface area contributed by atoms with Crippen LogP contribution in [0.3, 0.4) is 0 Å². The van der Waals surface area contributed by atoms with E-state index in [4.69, 9.17) is 22.1 Å². The zero-order valence-corrected chi connectivity index (χ0v) is 15.8. The van der Waals surface area contributed by atoms with Crippen LogP contribution < -0.4 is 15.5 Å². The summed E-state index contributed by atoms with van der Waals surface area (Å²) in [6, 6.07) is 7.29. The van der Waals surface area contributed by atoms with E-state index in [1.165, 1.54) is 4.90 Å². The van der Waals surface area contributed by atoms with Crippen molar-refractivity contribution >= 4 is 40.4 Å². The highest BCUT2D eigenvalue weighted by Crippen LogP contribution is 2.37. The second kappa shape index (κ2) is 7.19. The van der Waals surface area contributed by atoms with E-state index in [2.05, 4.69) is 4.98 Å². The number of carbonyl (C=O) groups is 1. The lowest BCUT2D eigenvalue weighted by Crippen LogP contribution is -2.34. The normalized spacial score (nSPS) is 11.1. The first-order valence-electron chi connectivity index (χ1n) is 7.79. The number of nitrogens with two attached hydrogens (primary N) is 1. The molecule has 0 atom stereocenters. The van der Waals surface area contributed by atoms with Crippen LogP contribution in [0.4, 0.5) is 27.5 Å². The summed E-state index contributed by atoms with van der Waals surface area (Å²) in [6.07, 6.45) is 2.93. The number of pyridine rings is 1. The van der Waals surface area contributed by atoms with Crippen molar-refractivity contribution in [2.75, 3.05) is 29.6 Å². The Morgan fingerprint density at radius 3 is 2.44 bits per heavy atom. The third kappa shape index (κ3) is 4.54. The SMILES string of the molecule is CN(C(=O)OC(C)(C)C)c1c(N)cc(N(C)c2cccnc2)cc1Cl. The quantitative estimate of drug-likeness (QED) is 0.816. The predicted octanol–water partition coefficient (Wildman–Crippen LogP) is 4.46. The van der Waals surface area contributed by atoms with Crippen molar-refractivity contribution in [3.63, 3.8) is 0 Å². The third-order valence-electron chi connectivity index (χ3n) is 3.50. The van der Waals surface area contributed by atoms with Crippen LogP contribution >= 0.6 is 11.6 Å². The van der Waals surface area contributed by atoms with Crippen molar-refractivity contribution in [2.45, 2.75) is 26.4 Å². The molecule has 2 N–H and O–H groups in total. The number of ether oxygens (including phenoxy) is 1. The molecule has 1 amide bonds. The monoisotopic (exact) mass is 362 g/mol. The maximum Gasteiger partial charge on any atom is 0.414 e. The van der Waals surface area contributed by atoms with Crippen LogP contribution in [0.1, 0.15) is 20.8 Å². The van der Waals surface area contributed by atoms with Crippen molar-refractivity contribution < 1.29 is 9.53 Å². The van der Waals surface area contributed by atoms with Gasteiger partial charge in [0, 0.05) is 26.0 Å². The summed E-state index contributed by atoms with van der Waals surface area (Å²) in [5.41, 5.74) is 8.04. The molecular formula is C18H23ClN4O2. The van der Waals surface area contributed by atoms with Crippen molar-refractivity contribution in [3.05, 3.63) is 41.7 Å². The number of hydrogen-bond acceptors (Lipinski definition) is 5. The average molecular weight is 363 g/mol. The van der Waals surface area contributed by atoms with Gasteiger partial charge in [-0.15, -0.1) is 0 Å². The first-order chi connectivity index (χ1) is 11.6. The number of rotatable bonds is 3. The zero-order chi connectivity index (χ0) is 18.8. The van der Waals surface area contributed by atoms with Gasteiger partial charge in [0.2, 0.25) is 0 Å². The molecule has 0 fully saturated rings. The van der Waals surface area contributed by atoms with Crippen molar-refractivity contribution in [2.24, 2.45) is 0 Å².